The van der Waals surface area contributed by atoms with E-state index in [4.69, 9.17) is 9.47 Å². The molecule has 3 fully saturated rings. The van der Waals surface area contributed by atoms with Crippen molar-refractivity contribution in [1.29, 1.82) is 0 Å². The van der Waals surface area contributed by atoms with Crippen molar-refractivity contribution in [3.63, 3.8) is 0 Å². The molecule has 4 aliphatic rings. The van der Waals surface area contributed by atoms with Crippen LogP contribution in [0.2, 0.25) is 0 Å². The summed E-state index contributed by atoms with van der Waals surface area (Å²) in [7, 11) is 0. The van der Waals surface area contributed by atoms with E-state index in [1.807, 2.05) is 11.1 Å². The van der Waals surface area contributed by atoms with E-state index in [-0.39, 0.29) is 5.91 Å². The van der Waals surface area contributed by atoms with Gasteiger partial charge in [-0.2, -0.15) is 0 Å². The lowest BCUT2D eigenvalue weighted by molar-refractivity contribution is -0.133. The Morgan fingerprint density at radius 1 is 1.19 bits per heavy atom. The number of pyridine rings is 1. The van der Waals surface area contributed by atoms with Crippen LogP contribution in [0.4, 0.5) is 17.2 Å². The number of anilines is 3. The number of rotatable bonds is 4. The standard InChI is InChI=1S/C28H35N5O3/c1-3-27(34)32-15-22(16-32)31-10-7-20(8-11-31)21-4-5-26-24(14-21)30-28-23(18-36-26)25(6-9-29-28)33-12-13-35-17-19(33)2/h3-6,9,14,19-20,22H,1,7-8,10-13,15-18H2,2H3,(H,29,30)/t19-/m0/s1. The zero-order chi connectivity index (χ0) is 24.6. The molecule has 0 unspecified atom stereocenters. The fourth-order valence-electron chi connectivity index (χ4n) is 5.98. The molecule has 1 aromatic heterocycles. The van der Waals surface area contributed by atoms with Gasteiger partial charge >= 0.3 is 0 Å². The van der Waals surface area contributed by atoms with Gasteiger partial charge in [-0.15, -0.1) is 0 Å². The van der Waals surface area contributed by atoms with Crippen LogP contribution in [0.25, 0.3) is 0 Å². The average molecular weight is 490 g/mol. The Kier molecular flexibility index (Phi) is 6.31. The van der Waals surface area contributed by atoms with Crippen LogP contribution in [0.1, 0.15) is 36.8 Å². The second kappa shape index (κ2) is 9.75. The first-order chi connectivity index (χ1) is 17.6. The second-order valence-electron chi connectivity index (χ2n) is 10.4. The van der Waals surface area contributed by atoms with Crippen LogP contribution in [-0.2, 0) is 16.1 Å². The van der Waals surface area contributed by atoms with Gasteiger partial charge in [0.25, 0.3) is 0 Å². The molecule has 2 aromatic rings. The number of hydrogen-bond acceptors (Lipinski definition) is 7. The summed E-state index contributed by atoms with van der Waals surface area (Å²) >= 11 is 0. The van der Waals surface area contributed by atoms with Crippen LogP contribution in [0.3, 0.4) is 0 Å². The number of carbonyl (C=O) groups excluding carboxylic acids is 1. The molecule has 3 saturated heterocycles. The van der Waals surface area contributed by atoms with Crippen molar-refractivity contribution >= 4 is 23.1 Å². The zero-order valence-electron chi connectivity index (χ0n) is 21.0. The Bertz CT molecular complexity index is 1140. The number of fused-ring (bicyclic) bond motifs is 2. The third-order valence-electron chi connectivity index (χ3n) is 8.20. The lowest BCUT2D eigenvalue weighted by Crippen LogP contribution is -2.61. The molecule has 1 amide bonds. The van der Waals surface area contributed by atoms with E-state index in [1.165, 1.54) is 17.3 Å². The summed E-state index contributed by atoms with van der Waals surface area (Å²) in [5, 5.41) is 3.59. The Morgan fingerprint density at radius 2 is 2.03 bits per heavy atom. The van der Waals surface area contributed by atoms with E-state index in [1.54, 1.807) is 0 Å². The molecule has 36 heavy (non-hydrogen) atoms. The molecule has 0 bridgehead atoms. The van der Waals surface area contributed by atoms with E-state index in [2.05, 4.69) is 57.9 Å². The van der Waals surface area contributed by atoms with Crippen LogP contribution in [0, 0.1) is 0 Å². The maximum atomic E-state index is 11.8. The smallest absolute Gasteiger partial charge is 0.246 e. The molecule has 4 aliphatic heterocycles. The quantitative estimate of drug-likeness (QED) is 0.659. The molecule has 5 heterocycles. The molecule has 190 valence electrons. The molecule has 8 heteroatoms. The number of likely N-dealkylation sites (tertiary alicyclic amines) is 2. The Morgan fingerprint density at radius 3 is 2.81 bits per heavy atom. The fraction of sp³-hybridized carbons (Fsp3) is 0.500. The molecule has 0 aliphatic carbocycles. The predicted octanol–water partition coefficient (Wildman–Crippen LogP) is 3.52. The van der Waals surface area contributed by atoms with Gasteiger partial charge in [0.15, 0.2) is 0 Å². The highest BCUT2D eigenvalue weighted by atomic mass is 16.5. The molecular formula is C28H35N5O3. The molecule has 6 rings (SSSR count). The molecule has 0 radical (unpaired) electrons. The van der Waals surface area contributed by atoms with Gasteiger partial charge in [-0.1, -0.05) is 12.6 Å². The summed E-state index contributed by atoms with van der Waals surface area (Å²) in [5.74, 6) is 2.32. The van der Waals surface area contributed by atoms with Crippen molar-refractivity contribution in [2.75, 3.05) is 56.2 Å². The molecule has 0 saturated carbocycles. The van der Waals surface area contributed by atoms with E-state index in [0.717, 1.165) is 81.6 Å². The van der Waals surface area contributed by atoms with Crippen LogP contribution in [0.15, 0.2) is 43.1 Å². The lowest BCUT2D eigenvalue weighted by atomic mass is 9.88. The van der Waals surface area contributed by atoms with Crippen LogP contribution in [-0.4, -0.2) is 78.7 Å². The van der Waals surface area contributed by atoms with Gasteiger partial charge in [-0.3, -0.25) is 9.69 Å². The molecular weight excluding hydrogens is 454 g/mol. The molecule has 1 aromatic carbocycles. The normalized spacial score (nSPS) is 23.0. The number of amides is 1. The van der Waals surface area contributed by atoms with Gasteiger partial charge in [0.05, 0.1) is 24.5 Å². The van der Waals surface area contributed by atoms with Crippen molar-refractivity contribution < 1.29 is 14.3 Å². The SMILES string of the molecule is C=CC(=O)N1CC(N2CCC(c3ccc4c(c3)Nc3nccc(N5CCOC[C@@H]5C)c3CO4)CC2)C1. The van der Waals surface area contributed by atoms with E-state index < -0.39 is 0 Å². The van der Waals surface area contributed by atoms with Gasteiger partial charge < -0.3 is 24.6 Å². The van der Waals surface area contributed by atoms with E-state index in [9.17, 15) is 4.79 Å². The Hall–Kier alpha value is -3.10. The zero-order valence-corrected chi connectivity index (χ0v) is 21.0. The summed E-state index contributed by atoms with van der Waals surface area (Å²) in [5.41, 5.74) is 4.61. The van der Waals surface area contributed by atoms with Gasteiger partial charge in [0, 0.05) is 43.6 Å². The summed E-state index contributed by atoms with van der Waals surface area (Å²) < 4.78 is 11.9. The first-order valence-electron chi connectivity index (χ1n) is 13.1. The molecule has 8 nitrogen and oxygen atoms in total. The highest BCUT2D eigenvalue weighted by Crippen LogP contribution is 2.40. The summed E-state index contributed by atoms with van der Waals surface area (Å²) in [6, 6.07) is 9.49. The van der Waals surface area contributed by atoms with Crippen LogP contribution >= 0.6 is 0 Å². The number of piperidine rings is 1. The van der Waals surface area contributed by atoms with Gasteiger partial charge in [-0.05, 0) is 68.6 Å². The average Bonchev–Trinajstić information content (AvgIpc) is 3.07. The van der Waals surface area contributed by atoms with Crippen molar-refractivity contribution in [3.05, 3.63) is 54.2 Å². The van der Waals surface area contributed by atoms with E-state index in [0.29, 0.717) is 24.6 Å². The molecule has 0 spiro atoms. The van der Waals surface area contributed by atoms with Crippen molar-refractivity contribution in [2.45, 2.75) is 44.4 Å². The minimum atomic E-state index is 0.0449. The first-order valence-corrected chi connectivity index (χ1v) is 13.1. The number of ether oxygens (including phenoxy) is 2. The van der Waals surface area contributed by atoms with Gasteiger partial charge in [0.1, 0.15) is 18.2 Å². The number of nitrogens with one attached hydrogen (secondary N) is 1. The number of hydrogen-bond donors (Lipinski definition) is 1. The monoisotopic (exact) mass is 489 g/mol. The summed E-state index contributed by atoms with van der Waals surface area (Å²) in [4.78, 5) is 23.3. The number of nitrogens with zero attached hydrogens (tertiary/aromatic N) is 4. The van der Waals surface area contributed by atoms with E-state index >= 15 is 0 Å². The van der Waals surface area contributed by atoms with Crippen molar-refractivity contribution in [3.8, 4) is 5.75 Å². The first kappa shape index (κ1) is 23.3. The van der Waals surface area contributed by atoms with Gasteiger partial charge in [-0.25, -0.2) is 4.98 Å². The number of carbonyl (C=O) groups is 1. The number of aromatic nitrogens is 1. The third-order valence-corrected chi connectivity index (χ3v) is 8.20. The summed E-state index contributed by atoms with van der Waals surface area (Å²) in [6.45, 7) is 12.4. The van der Waals surface area contributed by atoms with Crippen molar-refractivity contribution in [1.82, 2.24) is 14.8 Å². The van der Waals surface area contributed by atoms with Crippen LogP contribution in [0.5, 0.6) is 5.75 Å². The minimum Gasteiger partial charge on any atom is -0.487 e. The highest BCUT2D eigenvalue weighted by molar-refractivity contribution is 5.87. The predicted molar refractivity (Wildman–Crippen MR) is 140 cm³/mol. The topological polar surface area (TPSA) is 70.2 Å². The maximum Gasteiger partial charge on any atom is 0.246 e. The molecule has 1 atom stereocenters. The third kappa shape index (κ3) is 4.33. The maximum absolute atomic E-state index is 11.8. The molecule has 1 N–H and O–H groups in total. The lowest BCUT2D eigenvalue weighted by Gasteiger charge is -2.47. The number of benzene rings is 1. The fourth-order valence-corrected chi connectivity index (χ4v) is 5.98. The summed E-state index contributed by atoms with van der Waals surface area (Å²) in [6.07, 6.45) is 5.55. The minimum absolute atomic E-state index is 0.0449. The van der Waals surface area contributed by atoms with Crippen molar-refractivity contribution in [2.24, 2.45) is 0 Å². The Balaban J connectivity index is 1.14. The van der Waals surface area contributed by atoms with Gasteiger partial charge in [0.2, 0.25) is 5.91 Å². The largest absolute Gasteiger partial charge is 0.487 e. The number of morpholine rings is 1. The Labute approximate surface area is 212 Å². The second-order valence-corrected chi connectivity index (χ2v) is 10.4. The van der Waals surface area contributed by atoms with Crippen LogP contribution < -0.4 is 15.0 Å². The highest BCUT2D eigenvalue weighted by Gasteiger charge is 2.36.